The van der Waals surface area contributed by atoms with Crippen LogP contribution in [0.4, 0.5) is 4.39 Å². The molecule has 4 N–H and O–H groups in total. The second kappa shape index (κ2) is 5.29. The number of halogens is 1. The first-order chi connectivity index (χ1) is 5.11. The quantitative estimate of drug-likeness (QED) is 0.391. The van der Waals surface area contributed by atoms with Crippen molar-refractivity contribution in [1.82, 2.24) is 0 Å². The van der Waals surface area contributed by atoms with Crippen molar-refractivity contribution in [3.05, 3.63) is 11.1 Å². The zero-order chi connectivity index (χ0) is 8.85. The van der Waals surface area contributed by atoms with E-state index in [1.807, 2.05) is 0 Å². The molecule has 0 aliphatic carbocycles. The van der Waals surface area contributed by atoms with Crippen LogP contribution in [-0.4, -0.2) is 30.4 Å². The lowest BCUT2D eigenvalue weighted by atomic mass is 9.80. The predicted molar refractivity (Wildman–Crippen MR) is 42.7 cm³/mol. The van der Waals surface area contributed by atoms with Gasteiger partial charge in [0, 0.05) is 12.9 Å². The van der Waals surface area contributed by atoms with Crippen LogP contribution in [0.25, 0.3) is 0 Å². The first-order valence-electron chi connectivity index (χ1n) is 3.41. The van der Waals surface area contributed by atoms with Gasteiger partial charge in [0.05, 0.1) is 0 Å². The van der Waals surface area contributed by atoms with Crippen LogP contribution in [0.5, 0.6) is 0 Å². The molecule has 0 aromatic rings. The summed E-state index contributed by atoms with van der Waals surface area (Å²) in [6.45, 7) is 1.18. The number of alkyl halides is 1. The van der Waals surface area contributed by atoms with Gasteiger partial charge in [0.1, 0.15) is 6.67 Å². The van der Waals surface area contributed by atoms with E-state index in [-0.39, 0.29) is 12.9 Å². The first-order valence-corrected chi connectivity index (χ1v) is 3.41. The van der Waals surface area contributed by atoms with Crippen molar-refractivity contribution in [1.29, 1.82) is 0 Å². The highest BCUT2D eigenvalue weighted by atomic mass is 19.1. The van der Waals surface area contributed by atoms with Gasteiger partial charge in [-0.25, -0.2) is 4.39 Å². The molecule has 0 atom stereocenters. The minimum atomic E-state index is -1.44. The van der Waals surface area contributed by atoms with E-state index in [1.165, 1.54) is 0 Å². The molecule has 64 valence electrons. The van der Waals surface area contributed by atoms with E-state index in [4.69, 9.17) is 15.8 Å². The molecule has 0 rings (SSSR count). The van der Waals surface area contributed by atoms with Crippen molar-refractivity contribution < 1.29 is 14.4 Å². The third-order valence-corrected chi connectivity index (χ3v) is 1.48. The highest BCUT2D eigenvalue weighted by Gasteiger charge is 2.11. The first kappa shape index (κ1) is 10.6. The van der Waals surface area contributed by atoms with Gasteiger partial charge in [-0.05, 0) is 12.5 Å². The molecule has 11 heavy (non-hydrogen) atoms. The largest absolute Gasteiger partial charge is 0.455 e. The van der Waals surface area contributed by atoms with Crippen LogP contribution in [0.15, 0.2) is 11.1 Å². The lowest BCUT2D eigenvalue weighted by molar-refractivity contribution is 0.409. The second-order valence-corrected chi connectivity index (χ2v) is 2.41. The highest BCUT2D eigenvalue weighted by Crippen LogP contribution is 2.09. The zero-order valence-electron chi connectivity index (χ0n) is 6.55. The van der Waals surface area contributed by atoms with Crippen molar-refractivity contribution in [2.75, 3.05) is 13.2 Å². The van der Waals surface area contributed by atoms with Gasteiger partial charge in [-0.15, -0.1) is 0 Å². The summed E-state index contributed by atoms with van der Waals surface area (Å²) >= 11 is 0. The van der Waals surface area contributed by atoms with Crippen LogP contribution < -0.4 is 5.73 Å². The van der Waals surface area contributed by atoms with Crippen molar-refractivity contribution in [2.24, 2.45) is 5.73 Å². The third kappa shape index (κ3) is 4.13. The molecule has 0 fully saturated rings. The maximum Gasteiger partial charge on any atom is 0.455 e. The predicted octanol–water partition coefficient (Wildman–Crippen LogP) is -0.296. The average Bonchev–Trinajstić information content (AvgIpc) is 1.98. The molecular weight excluding hydrogens is 148 g/mol. The average molecular weight is 161 g/mol. The Morgan fingerprint density at radius 2 is 2.09 bits per heavy atom. The summed E-state index contributed by atoms with van der Waals surface area (Å²) in [4.78, 5) is 0. The molecule has 0 aliphatic heterocycles. The van der Waals surface area contributed by atoms with Gasteiger partial charge < -0.3 is 15.8 Å². The fourth-order valence-corrected chi connectivity index (χ4v) is 0.747. The number of allylic oxidation sites excluding steroid dienone is 1. The Labute approximate surface area is 65.9 Å². The van der Waals surface area contributed by atoms with Crippen LogP contribution in [0.3, 0.4) is 0 Å². The number of hydrogen-bond donors (Lipinski definition) is 3. The SMILES string of the molecule is C/C(CF)=C(\CN)CB(O)O. The minimum absolute atomic E-state index is 0.0340. The van der Waals surface area contributed by atoms with Gasteiger partial charge in [0.15, 0.2) is 0 Å². The van der Waals surface area contributed by atoms with Crippen molar-refractivity contribution in [3.8, 4) is 0 Å². The summed E-state index contributed by atoms with van der Waals surface area (Å²) in [6.07, 6.45) is 0.0340. The number of hydrogen-bond acceptors (Lipinski definition) is 3. The smallest absolute Gasteiger partial charge is 0.427 e. The Hall–Kier alpha value is -0.385. The summed E-state index contributed by atoms with van der Waals surface area (Å²) < 4.78 is 12.0. The maximum atomic E-state index is 12.0. The van der Waals surface area contributed by atoms with E-state index in [0.29, 0.717) is 11.1 Å². The summed E-state index contributed by atoms with van der Waals surface area (Å²) in [5.41, 5.74) is 6.31. The van der Waals surface area contributed by atoms with Gasteiger partial charge in [-0.1, -0.05) is 5.57 Å². The standard InChI is InChI=1S/C6H13BFNO2/c1-5(3-8)6(4-9)2-7(10)11/h10-11H,2-4,9H2,1H3/b6-5+. The lowest BCUT2D eigenvalue weighted by Gasteiger charge is -2.06. The molecule has 0 amide bonds. The highest BCUT2D eigenvalue weighted by molar-refractivity contribution is 6.42. The molecule has 0 aromatic carbocycles. The molecule has 0 radical (unpaired) electrons. The number of nitrogens with two attached hydrogens (primary N) is 1. The van der Waals surface area contributed by atoms with Gasteiger partial charge >= 0.3 is 7.12 Å². The Bertz CT molecular complexity index is 150. The van der Waals surface area contributed by atoms with E-state index in [2.05, 4.69) is 0 Å². The molecule has 0 heterocycles. The monoisotopic (exact) mass is 161 g/mol. The van der Waals surface area contributed by atoms with Gasteiger partial charge in [-0.2, -0.15) is 0 Å². The molecule has 0 unspecified atom stereocenters. The Morgan fingerprint density at radius 1 is 1.55 bits per heavy atom. The third-order valence-electron chi connectivity index (χ3n) is 1.48. The van der Waals surface area contributed by atoms with E-state index in [1.54, 1.807) is 6.92 Å². The molecular formula is C6H13BFNO2. The topological polar surface area (TPSA) is 66.5 Å². The molecule has 0 aromatic heterocycles. The van der Waals surface area contributed by atoms with Crippen molar-refractivity contribution >= 4 is 7.12 Å². The maximum absolute atomic E-state index is 12.0. The van der Waals surface area contributed by atoms with Gasteiger partial charge in [0.2, 0.25) is 0 Å². The minimum Gasteiger partial charge on any atom is -0.427 e. The second-order valence-electron chi connectivity index (χ2n) is 2.41. The Balaban J connectivity index is 4.14. The van der Waals surface area contributed by atoms with Crippen LogP contribution >= 0.6 is 0 Å². The van der Waals surface area contributed by atoms with Crippen molar-refractivity contribution in [3.63, 3.8) is 0 Å². The van der Waals surface area contributed by atoms with E-state index in [9.17, 15) is 4.39 Å². The molecule has 0 spiro atoms. The van der Waals surface area contributed by atoms with Crippen LogP contribution in [0, 0.1) is 0 Å². The molecule has 0 aliphatic rings. The summed E-state index contributed by atoms with van der Waals surface area (Å²) in [5, 5.41) is 17.1. The molecule has 5 heteroatoms. The molecule has 0 saturated carbocycles. The zero-order valence-corrected chi connectivity index (χ0v) is 6.55. The van der Waals surface area contributed by atoms with Crippen LogP contribution in [-0.2, 0) is 0 Å². The van der Waals surface area contributed by atoms with E-state index >= 15 is 0 Å². The van der Waals surface area contributed by atoms with Gasteiger partial charge in [-0.3, -0.25) is 0 Å². The Morgan fingerprint density at radius 3 is 2.36 bits per heavy atom. The number of rotatable bonds is 4. The van der Waals surface area contributed by atoms with E-state index < -0.39 is 13.8 Å². The normalized spacial score (nSPS) is 12.8. The molecule has 0 bridgehead atoms. The Kier molecular flexibility index (Phi) is 5.10. The van der Waals surface area contributed by atoms with E-state index in [0.717, 1.165) is 0 Å². The summed E-state index contributed by atoms with van der Waals surface area (Å²) in [6, 6.07) is 0. The van der Waals surface area contributed by atoms with Crippen LogP contribution in [0.1, 0.15) is 6.92 Å². The summed E-state index contributed by atoms with van der Waals surface area (Å²) in [7, 11) is -1.44. The molecule has 0 saturated heterocycles. The fourth-order valence-electron chi connectivity index (χ4n) is 0.747. The molecule has 3 nitrogen and oxygen atoms in total. The van der Waals surface area contributed by atoms with Gasteiger partial charge in [0.25, 0.3) is 0 Å². The summed E-state index contributed by atoms with van der Waals surface area (Å²) in [5.74, 6) is 0. The fraction of sp³-hybridized carbons (Fsp3) is 0.667. The van der Waals surface area contributed by atoms with Crippen molar-refractivity contribution in [2.45, 2.75) is 13.2 Å². The lowest BCUT2D eigenvalue weighted by Crippen LogP contribution is -2.17. The van der Waals surface area contributed by atoms with Crippen LogP contribution in [0.2, 0.25) is 6.32 Å².